The van der Waals surface area contributed by atoms with Gasteiger partial charge in [-0.15, -0.1) is 0 Å². The summed E-state index contributed by atoms with van der Waals surface area (Å²) in [6.07, 6.45) is 0.369. The van der Waals surface area contributed by atoms with E-state index in [9.17, 15) is 9.59 Å². The van der Waals surface area contributed by atoms with Crippen LogP contribution in [0.15, 0.2) is 24.3 Å². The monoisotopic (exact) mass is 304 g/mol. The molecule has 1 fully saturated rings. The molecule has 2 rings (SSSR count). The van der Waals surface area contributed by atoms with Crippen molar-refractivity contribution in [2.45, 2.75) is 45.1 Å². The minimum atomic E-state index is -0.316. The van der Waals surface area contributed by atoms with Crippen LogP contribution < -0.4 is 5.32 Å². The first kappa shape index (κ1) is 16.3. The van der Waals surface area contributed by atoms with Crippen molar-refractivity contribution in [2.24, 2.45) is 0 Å². The normalized spacial score (nSPS) is 18.3. The number of hydrogen-bond acceptors (Lipinski definition) is 3. The Kier molecular flexibility index (Phi) is 4.74. The fourth-order valence-corrected chi connectivity index (χ4v) is 2.55. The zero-order valence-corrected chi connectivity index (χ0v) is 13.7. The number of benzene rings is 1. The number of likely N-dealkylation sites (N-methyl/N-ethyl adjacent to an activating group) is 1. The number of amides is 2. The number of rotatable bonds is 4. The summed E-state index contributed by atoms with van der Waals surface area (Å²) in [6, 6.07) is 7.84. The summed E-state index contributed by atoms with van der Waals surface area (Å²) >= 11 is 0. The lowest BCUT2D eigenvalue weighted by atomic mass is 9.86. The lowest BCUT2D eigenvalue weighted by Gasteiger charge is -2.23. The first-order valence-corrected chi connectivity index (χ1v) is 7.58. The SMILES string of the molecule is CN1CC(CCC(=O)Nc2ccccc2C(C)(C)C)OC1=O. The minimum absolute atomic E-state index is 0.0342. The number of hydrogen-bond donors (Lipinski definition) is 1. The van der Waals surface area contributed by atoms with Crippen LogP contribution in [0.1, 0.15) is 39.2 Å². The van der Waals surface area contributed by atoms with Crippen LogP contribution >= 0.6 is 0 Å². The summed E-state index contributed by atoms with van der Waals surface area (Å²) < 4.78 is 5.16. The highest BCUT2D eigenvalue weighted by atomic mass is 16.6. The van der Waals surface area contributed by atoms with E-state index in [1.165, 1.54) is 4.90 Å². The molecule has 0 bridgehead atoms. The fourth-order valence-electron chi connectivity index (χ4n) is 2.55. The van der Waals surface area contributed by atoms with Gasteiger partial charge in [0.05, 0.1) is 6.54 Å². The molecule has 1 saturated heterocycles. The van der Waals surface area contributed by atoms with Gasteiger partial charge in [-0.05, 0) is 23.5 Å². The Labute approximate surface area is 131 Å². The van der Waals surface area contributed by atoms with Crippen molar-refractivity contribution < 1.29 is 14.3 Å². The zero-order valence-electron chi connectivity index (χ0n) is 13.7. The Morgan fingerprint density at radius 1 is 1.36 bits per heavy atom. The van der Waals surface area contributed by atoms with Gasteiger partial charge in [0.25, 0.3) is 0 Å². The van der Waals surface area contributed by atoms with Crippen molar-refractivity contribution in [3.8, 4) is 0 Å². The molecule has 1 aromatic rings. The van der Waals surface area contributed by atoms with Gasteiger partial charge >= 0.3 is 6.09 Å². The molecule has 1 aliphatic heterocycles. The third-order valence-corrected chi connectivity index (χ3v) is 3.76. The number of ether oxygens (including phenoxy) is 1. The maximum absolute atomic E-state index is 12.1. The van der Waals surface area contributed by atoms with Crippen molar-refractivity contribution in [2.75, 3.05) is 18.9 Å². The Hall–Kier alpha value is -2.04. The largest absolute Gasteiger partial charge is 0.444 e. The maximum atomic E-state index is 12.1. The number of carbonyl (C=O) groups excluding carboxylic acids is 2. The first-order chi connectivity index (χ1) is 10.3. The lowest BCUT2D eigenvalue weighted by molar-refractivity contribution is -0.116. The second kappa shape index (κ2) is 6.38. The van der Waals surface area contributed by atoms with E-state index in [-0.39, 0.29) is 23.5 Å². The quantitative estimate of drug-likeness (QED) is 0.929. The van der Waals surface area contributed by atoms with Crippen molar-refractivity contribution in [3.05, 3.63) is 29.8 Å². The second-order valence-corrected chi connectivity index (χ2v) is 6.77. The Bertz CT molecular complexity index is 563. The molecule has 0 spiro atoms. The van der Waals surface area contributed by atoms with Gasteiger partial charge in [-0.25, -0.2) is 4.79 Å². The minimum Gasteiger partial charge on any atom is -0.444 e. The molecule has 0 radical (unpaired) electrons. The zero-order chi connectivity index (χ0) is 16.3. The van der Waals surface area contributed by atoms with Gasteiger partial charge in [-0.3, -0.25) is 4.79 Å². The van der Waals surface area contributed by atoms with Gasteiger partial charge in [0.1, 0.15) is 6.10 Å². The number of nitrogens with one attached hydrogen (secondary N) is 1. The molecule has 1 N–H and O–H groups in total. The van der Waals surface area contributed by atoms with Crippen LogP contribution in [-0.2, 0) is 14.9 Å². The van der Waals surface area contributed by atoms with E-state index in [0.29, 0.717) is 19.4 Å². The van der Waals surface area contributed by atoms with E-state index < -0.39 is 0 Å². The van der Waals surface area contributed by atoms with Crippen LogP contribution in [0.3, 0.4) is 0 Å². The number of carbonyl (C=O) groups is 2. The highest BCUT2D eigenvalue weighted by molar-refractivity contribution is 5.91. The molecule has 5 nitrogen and oxygen atoms in total. The standard InChI is InChI=1S/C17H24N2O3/c1-17(2,3)13-7-5-6-8-14(13)18-15(20)10-9-12-11-19(4)16(21)22-12/h5-8,12H,9-11H2,1-4H3,(H,18,20). The number of nitrogens with zero attached hydrogens (tertiary/aromatic N) is 1. The van der Waals surface area contributed by atoms with Gasteiger partial charge in [0.15, 0.2) is 0 Å². The third kappa shape index (κ3) is 4.00. The molecule has 2 amide bonds. The highest BCUT2D eigenvalue weighted by Gasteiger charge is 2.28. The predicted octanol–water partition coefficient (Wildman–Crippen LogP) is 3.15. The molecule has 1 aliphatic rings. The molecular weight excluding hydrogens is 280 g/mol. The first-order valence-electron chi connectivity index (χ1n) is 7.58. The van der Waals surface area contributed by atoms with Gasteiger partial charge in [-0.2, -0.15) is 0 Å². The van der Waals surface area contributed by atoms with Crippen LogP contribution in [0.5, 0.6) is 0 Å². The van der Waals surface area contributed by atoms with Crippen molar-refractivity contribution in [3.63, 3.8) is 0 Å². The van der Waals surface area contributed by atoms with E-state index in [1.54, 1.807) is 7.05 Å². The topological polar surface area (TPSA) is 58.6 Å². The number of cyclic esters (lactones) is 1. The molecule has 0 aromatic heterocycles. The molecule has 0 saturated carbocycles. The number of anilines is 1. The predicted molar refractivity (Wildman–Crippen MR) is 85.9 cm³/mol. The van der Waals surface area contributed by atoms with E-state index >= 15 is 0 Å². The van der Waals surface area contributed by atoms with Gasteiger partial charge < -0.3 is 15.0 Å². The molecule has 120 valence electrons. The molecular formula is C17H24N2O3. The van der Waals surface area contributed by atoms with Crippen LogP contribution in [-0.4, -0.2) is 36.6 Å². The Morgan fingerprint density at radius 2 is 2.05 bits per heavy atom. The molecule has 1 atom stereocenters. The van der Waals surface area contributed by atoms with E-state index in [0.717, 1.165) is 11.3 Å². The molecule has 1 aromatic carbocycles. The molecule has 1 heterocycles. The van der Waals surface area contributed by atoms with Gasteiger partial charge in [-0.1, -0.05) is 39.0 Å². The molecule has 5 heteroatoms. The van der Waals surface area contributed by atoms with Gasteiger partial charge in [0, 0.05) is 19.2 Å². The van der Waals surface area contributed by atoms with E-state index in [2.05, 4.69) is 26.1 Å². The van der Waals surface area contributed by atoms with Crippen LogP contribution in [0, 0.1) is 0 Å². The average molecular weight is 304 g/mol. The van der Waals surface area contributed by atoms with Crippen LogP contribution in [0.25, 0.3) is 0 Å². The smallest absolute Gasteiger partial charge is 0.409 e. The summed E-state index contributed by atoms with van der Waals surface area (Å²) in [5.74, 6) is -0.0534. The molecule has 1 unspecified atom stereocenters. The second-order valence-electron chi connectivity index (χ2n) is 6.77. The number of para-hydroxylation sites is 1. The summed E-state index contributed by atoms with van der Waals surface area (Å²) in [5.41, 5.74) is 1.92. The molecule has 0 aliphatic carbocycles. The van der Waals surface area contributed by atoms with Crippen molar-refractivity contribution in [1.29, 1.82) is 0 Å². The fraction of sp³-hybridized carbons (Fsp3) is 0.529. The third-order valence-electron chi connectivity index (χ3n) is 3.76. The van der Waals surface area contributed by atoms with Crippen LogP contribution in [0.4, 0.5) is 10.5 Å². The summed E-state index contributed by atoms with van der Waals surface area (Å²) in [5, 5.41) is 2.97. The summed E-state index contributed by atoms with van der Waals surface area (Å²) in [7, 11) is 1.70. The van der Waals surface area contributed by atoms with Crippen molar-refractivity contribution >= 4 is 17.7 Å². The Morgan fingerprint density at radius 3 is 2.64 bits per heavy atom. The summed E-state index contributed by atoms with van der Waals surface area (Å²) in [4.78, 5) is 24.9. The van der Waals surface area contributed by atoms with E-state index in [1.807, 2.05) is 24.3 Å². The maximum Gasteiger partial charge on any atom is 0.409 e. The molecule has 22 heavy (non-hydrogen) atoms. The van der Waals surface area contributed by atoms with Crippen LogP contribution in [0.2, 0.25) is 0 Å². The van der Waals surface area contributed by atoms with Gasteiger partial charge in [0.2, 0.25) is 5.91 Å². The Balaban J connectivity index is 1.92. The van der Waals surface area contributed by atoms with E-state index in [4.69, 9.17) is 4.74 Å². The lowest BCUT2D eigenvalue weighted by Crippen LogP contribution is -2.21. The summed E-state index contributed by atoms with van der Waals surface area (Å²) in [6.45, 7) is 6.90. The average Bonchev–Trinajstić information content (AvgIpc) is 2.75. The van der Waals surface area contributed by atoms with Crippen molar-refractivity contribution in [1.82, 2.24) is 4.90 Å². The highest BCUT2D eigenvalue weighted by Crippen LogP contribution is 2.29.